The van der Waals surface area contributed by atoms with E-state index in [0.29, 0.717) is 4.90 Å². The number of Topliss-reactive ketones (excluding diaryl/α,β-unsaturated/α-hetero) is 1. The number of nitrogens with two attached hydrogens (primary N) is 1. The Kier molecular flexibility index (Phi) is 11.4. The number of hydrogen-bond donors (Lipinski definition) is 2. The second kappa shape index (κ2) is 13.7. The predicted octanol–water partition coefficient (Wildman–Crippen LogP) is 1.32. The van der Waals surface area contributed by atoms with Crippen molar-refractivity contribution < 1.29 is 47.0 Å². The zero-order valence-corrected chi connectivity index (χ0v) is 24.0. The van der Waals surface area contributed by atoms with Gasteiger partial charge in [-0.15, -0.1) is 0 Å². The molecule has 0 aliphatic carbocycles. The van der Waals surface area contributed by atoms with Gasteiger partial charge < -0.3 is 20.6 Å². The number of aliphatic carboxylic acids is 1. The average molecular weight is 592 g/mol. The quantitative estimate of drug-likeness (QED) is 0.341. The number of carbonyl (C=O) groups excluding carboxylic acids is 5. The molecule has 3 N–H and O–H groups in total. The van der Waals surface area contributed by atoms with Crippen molar-refractivity contribution in [2.24, 2.45) is 23.5 Å². The van der Waals surface area contributed by atoms with Crippen molar-refractivity contribution >= 4 is 35.5 Å². The number of rotatable bonds is 12. The molecule has 232 valence electrons. The number of alkyl halides is 3. The molecule has 0 radical (unpaired) electrons. The molecule has 2 aliphatic heterocycles. The van der Waals surface area contributed by atoms with Gasteiger partial charge in [0.2, 0.25) is 5.91 Å². The van der Waals surface area contributed by atoms with Crippen molar-refractivity contribution in [3.05, 3.63) is 0 Å². The minimum atomic E-state index is -5.14. The molecule has 2 saturated heterocycles. The smallest absolute Gasteiger partial charge is 0.451 e. The van der Waals surface area contributed by atoms with Crippen LogP contribution in [0.25, 0.3) is 0 Å². The van der Waals surface area contributed by atoms with Gasteiger partial charge in [-0.3, -0.25) is 28.9 Å². The molecule has 1 unspecified atom stereocenters. The van der Waals surface area contributed by atoms with Crippen LogP contribution in [0, 0.1) is 17.8 Å². The van der Waals surface area contributed by atoms with E-state index in [1.807, 2.05) is 0 Å². The second-order valence-electron chi connectivity index (χ2n) is 11.5. The van der Waals surface area contributed by atoms with Crippen LogP contribution in [0.2, 0.25) is 0 Å². The highest BCUT2D eigenvalue weighted by Gasteiger charge is 2.51. The highest BCUT2D eigenvalue weighted by Crippen LogP contribution is 2.31. The van der Waals surface area contributed by atoms with E-state index in [9.17, 15) is 41.9 Å². The molecule has 5 amide bonds. The van der Waals surface area contributed by atoms with Crippen molar-refractivity contribution in [2.45, 2.75) is 78.2 Å². The first-order valence-corrected chi connectivity index (χ1v) is 13.7. The fraction of sp³-hybridized carbons (Fsp3) is 0.769. The van der Waals surface area contributed by atoms with Crippen LogP contribution in [0.5, 0.6) is 0 Å². The third kappa shape index (κ3) is 8.24. The Labute approximate surface area is 236 Å². The monoisotopic (exact) mass is 591 g/mol. The Morgan fingerprint density at radius 2 is 1.59 bits per heavy atom. The molecule has 0 bridgehead atoms. The maximum absolute atomic E-state index is 13.8. The van der Waals surface area contributed by atoms with Crippen molar-refractivity contribution in [1.29, 1.82) is 0 Å². The lowest BCUT2D eigenvalue weighted by atomic mass is 9.96. The normalized spacial score (nSPS) is 20.5. The van der Waals surface area contributed by atoms with Crippen LogP contribution in [0.1, 0.15) is 53.9 Å². The molecule has 41 heavy (non-hydrogen) atoms. The summed E-state index contributed by atoms with van der Waals surface area (Å²) < 4.78 is 40.3. The highest BCUT2D eigenvalue weighted by atomic mass is 19.4. The third-order valence-electron chi connectivity index (χ3n) is 7.37. The number of likely N-dealkylation sites (tertiary alicyclic amines) is 1. The fourth-order valence-electron chi connectivity index (χ4n) is 5.27. The minimum Gasteiger partial charge on any atom is -0.480 e. The first-order chi connectivity index (χ1) is 18.9. The van der Waals surface area contributed by atoms with Gasteiger partial charge in [-0.1, -0.05) is 34.6 Å². The molecular formula is C26H40F3N5O7. The fourth-order valence-corrected chi connectivity index (χ4v) is 5.27. The van der Waals surface area contributed by atoms with Gasteiger partial charge in [0, 0.05) is 26.1 Å². The summed E-state index contributed by atoms with van der Waals surface area (Å²) in [7, 11) is 0. The van der Waals surface area contributed by atoms with E-state index < -0.39 is 84.1 Å². The second-order valence-corrected chi connectivity index (χ2v) is 11.5. The van der Waals surface area contributed by atoms with E-state index in [-0.39, 0.29) is 45.4 Å². The Hall–Kier alpha value is -3.07. The van der Waals surface area contributed by atoms with Crippen LogP contribution < -0.4 is 5.73 Å². The molecule has 0 aromatic heterocycles. The van der Waals surface area contributed by atoms with Gasteiger partial charge in [0.1, 0.15) is 6.54 Å². The van der Waals surface area contributed by atoms with Crippen molar-refractivity contribution in [1.82, 2.24) is 19.6 Å². The lowest BCUT2D eigenvalue weighted by Crippen LogP contribution is -2.59. The number of nitrogens with zero attached hydrogens (tertiary/aromatic N) is 4. The highest BCUT2D eigenvalue weighted by molar-refractivity contribution is 6.14. The largest absolute Gasteiger partial charge is 0.480 e. The maximum atomic E-state index is 13.8. The van der Waals surface area contributed by atoms with E-state index in [2.05, 4.69) is 0 Å². The van der Waals surface area contributed by atoms with Crippen molar-refractivity contribution in [3.8, 4) is 0 Å². The zero-order chi connectivity index (χ0) is 31.4. The lowest BCUT2D eigenvalue weighted by molar-refractivity contribution is -0.179. The molecule has 15 heteroatoms. The van der Waals surface area contributed by atoms with Gasteiger partial charge in [-0.2, -0.15) is 13.2 Å². The minimum absolute atomic E-state index is 0.00611. The number of urea groups is 1. The van der Waals surface area contributed by atoms with Gasteiger partial charge in [0.15, 0.2) is 0 Å². The Morgan fingerprint density at radius 3 is 2.10 bits per heavy atom. The van der Waals surface area contributed by atoms with E-state index in [1.54, 1.807) is 20.8 Å². The van der Waals surface area contributed by atoms with Gasteiger partial charge in [0.25, 0.3) is 17.6 Å². The molecule has 12 nitrogen and oxygen atoms in total. The number of carboxylic acids is 1. The summed E-state index contributed by atoms with van der Waals surface area (Å²) in [6, 6.07) is -4.77. The number of carboxylic acid groups (broad SMARTS) is 1. The van der Waals surface area contributed by atoms with Crippen molar-refractivity contribution in [2.75, 3.05) is 32.7 Å². The SMILES string of the molecule is CC(CC(=O)N(C(=O)[C@@H](N)C(C)C)C(=O)[C@@H]1CCCN1[C@H](C(=O)C(F)(F)F)C(C)C)CN1CCN(CC(=O)O)C1=O. The summed E-state index contributed by atoms with van der Waals surface area (Å²) in [6.07, 6.45) is -5.19. The van der Waals surface area contributed by atoms with E-state index in [1.165, 1.54) is 18.7 Å². The predicted molar refractivity (Wildman–Crippen MR) is 139 cm³/mol. The summed E-state index contributed by atoms with van der Waals surface area (Å²) in [4.78, 5) is 80.3. The maximum Gasteiger partial charge on any atom is 0.451 e. The third-order valence-corrected chi connectivity index (χ3v) is 7.37. The van der Waals surface area contributed by atoms with Crippen LogP contribution in [0.3, 0.4) is 0 Å². The van der Waals surface area contributed by atoms with Crippen LogP contribution >= 0.6 is 0 Å². The number of carbonyl (C=O) groups is 6. The zero-order valence-electron chi connectivity index (χ0n) is 24.0. The summed E-state index contributed by atoms with van der Waals surface area (Å²) in [6.45, 7) is 7.65. The lowest BCUT2D eigenvalue weighted by Gasteiger charge is -2.36. The first kappa shape index (κ1) is 34.1. The Bertz CT molecular complexity index is 1040. The Balaban J connectivity index is 2.29. The van der Waals surface area contributed by atoms with Crippen LogP contribution in [-0.2, 0) is 24.0 Å². The van der Waals surface area contributed by atoms with Crippen LogP contribution in [0.15, 0.2) is 0 Å². The van der Waals surface area contributed by atoms with Gasteiger partial charge in [-0.25, -0.2) is 9.69 Å². The van der Waals surface area contributed by atoms with E-state index in [0.717, 1.165) is 9.80 Å². The molecule has 0 spiro atoms. The van der Waals surface area contributed by atoms with Gasteiger partial charge >= 0.3 is 18.2 Å². The molecule has 2 rings (SSSR count). The van der Waals surface area contributed by atoms with Crippen LogP contribution in [-0.4, -0.2) is 117 Å². The van der Waals surface area contributed by atoms with Gasteiger partial charge in [0.05, 0.1) is 18.1 Å². The molecule has 0 aromatic rings. The molecular weight excluding hydrogens is 551 g/mol. The number of imide groups is 3. The molecule has 0 aromatic carbocycles. The van der Waals surface area contributed by atoms with E-state index >= 15 is 0 Å². The number of hydrogen-bond acceptors (Lipinski definition) is 8. The summed E-state index contributed by atoms with van der Waals surface area (Å²) in [5.41, 5.74) is 6.00. The van der Waals surface area contributed by atoms with Gasteiger partial charge in [-0.05, 0) is 37.1 Å². The number of amides is 5. The number of ketones is 1. The van der Waals surface area contributed by atoms with Crippen molar-refractivity contribution in [3.63, 3.8) is 0 Å². The molecule has 2 aliphatic rings. The standard InChI is InChI=1S/C26H40F3N5O7/c1-14(2)20(30)24(40)34(18(35)11-16(5)12-31-9-10-32(25(31)41)13-19(36)37)23(39)17-7-6-8-33(17)21(15(3)4)22(38)26(27,28)29/h14-17,20-21H,6-13,30H2,1-5H3,(H,36,37)/t16?,17-,20-,21-/m0/s1. The Morgan fingerprint density at radius 1 is 1.00 bits per heavy atom. The molecule has 0 saturated carbocycles. The molecule has 2 fully saturated rings. The molecule has 4 atom stereocenters. The average Bonchev–Trinajstić information content (AvgIpc) is 3.45. The first-order valence-electron chi connectivity index (χ1n) is 13.7. The molecule has 2 heterocycles. The summed E-state index contributed by atoms with van der Waals surface area (Å²) >= 11 is 0. The number of halogens is 3. The van der Waals surface area contributed by atoms with E-state index in [4.69, 9.17) is 10.8 Å². The summed E-state index contributed by atoms with van der Waals surface area (Å²) in [5.74, 6) is -7.98. The topological polar surface area (TPSA) is 162 Å². The summed E-state index contributed by atoms with van der Waals surface area (Å²) in [5, 5.41) is 8.96. The van der Waals surface area contributed by atoms with Crippen LogP contribution in [0.4, 0.5) is 18.0 Å².